The monoisotopic (exact) mass is 332 g/mol. The second-order valence-electron chi connectivity index (χ2n) is 5.58. The van der Waals surface area contributed by atoms with E-state index in [1.165, 1.54) is 8.61 Å². The van der Waals surface area contributed by atoms with Gasteiger partial charge in [0.05, 0.1) is 0 Å². The summed E-state index contributed by atoms with van der Waals surface area (Å²) in [6.45, 7) is 1.49. The van der Waals surface area contributed by atoms with E-state index in [-0.39, 0.29) is 0 Å². The molecule has 0 radical (unpaired) electrons. The summed E-state index contributed by atoms with van der Waals surface area (Å²) in [5.41, 5.74) is 0.914. The number of nitrogens with zero attached hydrogens (tertiary/aromatic N) is 2. The van der Waals surface area contributed by atoms with Crippen LogP contribution >= 0.6 is 0 Å². The van der Waals surface area contributed by atoms with Crippen LogP contribution in [0.4, 0.5) is 0 Å². The van der Waals surface area contributed by atoms with Crippen molar-refractivity contribution in [2.75, 3.05) is 20.1 Å². The first-order chi connectivity index (χ1) is 11.1. The van der Waals surface area contributed by atoms with E-state index in [0.717, 1.165) is 17.7 Å². The number of hydrogen-bond acceptors (Lipinski definition) is 3. The fourth-order valence-corrected chi connectivity index (χ4v) is 4.02. The third-order valence-corrected chi connectivity index (χ3v) is 5.77. The summed E-state index contributed by atoms with van der Waals surface area (Å²) in [6, 6.07) is 17.1. The molecule has 1 saturated heterocycles. The van der Waals surface area contributed by atoms with Crippen LogP contribution in [0.2, 0.25) is 0 Å². The predicted octanol–water partition coefficient (Wildman–Crippen LogP) is 2.86. The molecule has 122 valence electrons. The van der Waals surface area contributed by atoms with Gasteiger partial charge in [0.15, 0.2) is 0 Å². The Balaban J connectivity index is 1.75. The van der Waals surface area contributed by atoms with E-state index in [1.807, 2.05) is 54.6 Å². The summed E-state index contributed by atoms with van der Waals surface area (Å²) >= 11 is 0. The zero-order valence-electron chi connectivity index (χ0n) is 13.1. The summed E-state index contributed by atoms with van der Waals surface area (Å²) in [5.74, 6) is 1.46. The quantitative estimate of drug-likeness (QED) is 0.865. The first kappa shape index (κ1) is 16.0. The van der Waals surface area contributed by atoms with Crippen LogP contribution in [0.25, 0.3) is 0 Å². The van der Waals surface area contributed by atoms with Crippen LogP contribution in [0.15, 0.2) is 54.6 Å². The zero-order chi connectivity index (χ0) is 16.3. The molecule has 0 unspecified atom stereocenters. The molecule has 0 N–H and O–H groups in total. The highest BCUT2D eigenvalue weighted by molar-refractivity contribution is 7.86. The molecule has 6 heteroatoms. The van der Waals surface area contributed by atoms with Crippen molar-refractivity contribution in [2.45, 2.75) is 13.0 Å². The zero-order valence-corrected chi connectivity index (χ0v) is 13.9. The predicted molar refractivity (Wildman–Crippen MR) is 89.5 cm³/mol. The Morgan fingerprint density at radius 2 is 1.74 bits per heavy atom. The molecule has 0 bridgehead atoms. The van der Waals surface area contributed by atoms with Gasteiger partial charge in [-0.1, -0.05) is 30.3 Å². The van der Waals surface area contributed by atoms with Gasteiger partial charge < -0.3 is 4.74 Å². The SMILES string of the molecule is CN1CCCN(Cc2cccc(Oc3ccccc3)c2)S1(=O)=O. The summed E-state index contributed by atoms with van der Waals surface area (Å²) in [6.07, 6.45) is 0.843. The molecule has 0 saturated carbocycles. The number of rotatable bonds is 4. The van der Waals surface area contributed by atoms with E-state index < -0.39 is 10.2 Å². The standard InChI is InChI=1S/C17H20N2O3S/c1-18-11-6-12-19(23(18,20)21)14-15-7-5-10-17(13-15)22-16-8-3-2-4-9-16/h2-5,7-10,13H,6,11-12,14H2,1H3. The molecule has 0 atom stereocenters. The molecule has 1 heterocycles. The van der Waals surface area contributed by atoms with Gasteiger partial charge in [0.1, 0.15) is 11.5 Å². The summed E-state index contributed by atoms with van der Waals surface area (Å²) in [5, 5.41) is 0. The molecular weight excluding hydrogens is 312 g/mol. The Bertz CT molecular complexity index is 762. The molecule has 0 aliphatic carbocycles. The minimum atomic E-state index is -3.35. The molecule has 1 fully saturated rings. The average Bonchev–Trinajstić information content (AvgIpc) is 2.54. The van der Waals surface area contributed by atoms with Crippen molar-refractivity contribution in [2.24, 2.45) is 0 Å². The van der Waals surface area contributed by atoms with E-state index in [1.54, 1.807) is 7.05 Å². The van der Waals surface area contributed by atoms with Crippen LogP contribution in [0.5, 0.6) is 11.5 Å². The molecule has 1 aliphatic heterocycles. The van der Waals surface area contributed by atoms with E-state index in [2.05, 4.69) is 0 Å². The molecule has 2 aromatic rings. The second kappa shape index (κ2) is 6.70. The highest BCUT2D eigenvalue weighted by Crippen LogP contribution is 2.24. The highest BCUT2D eigenvalue weighted by atomic mass is 32.2. The molecule has 2 aromatic carbocycles. The van der Waals surface area contributed by atoms with Crippen LogP contribution in [0.3, 0.4) is 0 Å². The molecule has 0 aromatic heterocycles. The van der Waals surface area contributed by atoms with E-state index in [4.69, 9.17) is 4.74 Å². The Hall–Kier alpha value is -1.89. The lowest BCUT2D eigenvalue weighted by atomic mass is 10.2. The number of benzene rings is 2. The topological polar surface area (TPSA) is 49.9 Å². The second-order valence-corrected chi connectivity index (χ2v) is 7.61. The number of para-hydroxylation sites is 1. The maximum atomic E-state index is 12.3. The van der Waals surface area contributed by atoms with E-state index in [0.29, 0.717) is 25.4 Å². The van der Waals surface area contributed by atoms with Gasteiger partial charge in [-0.15, -0.1) is 0 Å². The van der Waals surface area contributed by atoms with Crippen LogP contribution < -0.4 is 4.74 Å². The first-order valence-corrected chi connectivity index (χ1v) is 8.99. The van der Waals surface area contributed by atoms with Crippen LogP contribution in [-0.4, -0.2) is 37.2 Å². The van der Waals surface area contributed by atoms with Crippen molar-refractivity contribution in [3.8, 4) is 11.5 Å². The summed E-state index contributed by atoms with van der Waals surface area (Å²) in [4.78, 5) is 0. The first-order valence-electron chi connectivity index (χ1n) is 7.59. The Morgan fingerprint density at radius 3 is 2.52 bits per heavy atom. The maximum absolute atomic E-state index is 12.3. The molecule has 0 amide bonds. The summed E-state index contributed by atoms with van der Waals surface area (Å²) in [7, 11) is -1.72. The van der Waals surface area contributed by atoms with Crippen molar-refractivity contribution in [1.82, 2.24) is 8.61 Å². The molecule has 5 nitrogen and oxygen atoms in total. The normalized spacial score (nSPS) is 18.7. The summed E-state index contributed by atoms with van der Waals surface area (Å²) < 4.78 is 33.3. The number of ether oxygens (including phenoxy) is 1. The van der Waals surface area contributed by atoms with Gasteiger partial charge in [-0.3, -0.25) is 0 Å². The number of hydrogen-bond donors (Lipinski definition) is 0. The van der Waals surface area contributed by atoms with Crippen molar-refractivity contribution in [3.63, 3.8) is 0 Å². The largest absolute Gasteiger partial charge is 0.457 e. The van der Waals surface area contributed by atoms with Gasteiger partial charge in [0.2, 0.25) is 0 Å². The maximum Gasteiger partial charge on any atom is 0.282 e. The van der Waals surface area contributed by atoms with Crippen molar-refractivity contribution < 1.29 is 13.2 Å². The smallest absolute Gasteiger partial charge is 0.282 e. The lowest BCUT2D eigenvalue weighted by molar-refractivity contribution is 0.303. The fourth-order valence-electron chi connectivity index (χ4n) is 2.59. The molecule has 23 heavy (non-hydrogen) atoms. The van der Waals surface area contributed by atoms with Crippen LogP contribution in [-0.2, 0) is 16.8 Å². The van der Waals surface area contributed by atoms with Crippen molar-refractivity contribution in [3.05, 3.63) is 60.2 Å². The minimum Gasteiger partial charge on any atom is -0.457 e. The third kappa shape index (κ3) is 3.72. The Kier molecular flexibility index (Phi) is 4.66. The Labute approximate surface area is 137 Å². The average molecular weight is 332 g/mol. The molecular formula is C17H20N2O3S. The van der Waals surface area contributed by atoms with Gasteiger partial charge in [-0.2, -0.15) is 17.0 Å². The van der Waals surface area contributed by atoms with E-state index in [9.17, 15) is 8.42 Å². The molecule has 1 aliphatic rings. The molecule has 0 spiro atoms. The fraction of sp³-hybridized carbons (Fsp3) is 0.294. The highest BCUT2D eigenvalue weighted by Gasteiger charge is 2.30. The van der Waals surface area contributed by atoms with Crippen molar-refractivity contribution in [1.29, 1.82) is 0 Å². The van der Waals surface area contributed by atoms with Gasteiger partial charge in [-0.25, -0.2) is 0 Å². The minimum absolute atomic E-state index is 0.360. The van der Waals surface area contributed by atoms with Crippen LogP contribution in [0.1, 0.15) is 12.0 Å². The Morgan fingerprint density at radius 1 is 1.00 bits per heavy atom. The lowest BCUT2D eigenvalue weighted by Crippen LogP contribution is -2.47. The lowest BCUT2D eigenvalue weighted by Gasteiger charge is -2.32. The van der Waals surface area contributed by atoms with Gasteiger partial charge in [0, 0.05) is 26.7 Å². The van der Waals surface area contributed by atoms with Gasteiger partial charge in [-0.05, 0) is 36.2 Å². The van der Waals surface area contributed by atoms with Crippen molar-refractivity contribution >= 4 is 10.2 Å². The van der Waals surface area contributed by atoms with E-state index >= 15 is 0 Å². The van der Waals surface area contributed by atoms with Crippen LogP contribution in [0, 0.1) is 0 Å². The molecule has 3 rings (SSSR count). The van der Waals surface area contributed by atoms with Gasteiger partial charge >= 0.3 is 0 Å². The van der Waals surface area contributed by atoms with Gasteiger partial charge in [0.25, 0.3) is 10.2 Å². The third-order valence-electron chi connectivity index (χ3n) is 3.84.